The molecule has 1 heterocycles. The van der Waals surface area contributed by atoms with Gasteiger partial charge in [0.2, 0.25) is 0 Å². The van der Waals surface area contributed by atoms with E-state index in [1.165, 1.54) is 4.90 Å². The maximum Gasteiger partial charge on any atom is 0.261 e. The third kappa shape index (κ3) is 4.27. The number of hydrogen-bond donors (Lipinski definition) is 0. The SMILES string of the molecule is Cc1ccc(N(CCCN2C(=O)c3cccc4cccc(c34)C2=O)C(=O)c2ccc(Cl)cc2)c(C)c1. The first-order valence-electron chi connectivity index (χ1n) is 11.9. The van der Waals surface area contributed by atoms with Gasteiger partial charge in [0.25, 0.3) is 17.7 Å². The second-order valence-corrected chi connectivity index (χ2v) is 9.51. The van der Waals surface area contributed by atoms with E-state index in [9.17, 15) is 14.4 Å². The van der Waals surface area contributed by atoms with Gasteiger partial charge in [0.1, 0.15) is 0 Å². The number of anilines is 1. The molecule has 0 radical (unpaired) electrons. The molecular weight excluding hydrogens is 472 g/mol. The third-order valence-corrected chi connectivity index (χ3v) is 6.85. The Kier molecular flexibility index (Phi) is 6.33. The van der Waals surface area contributed by atoms with Crippen molar-refractivity contribution in [1.82, 2.24) is 4.90 Å². The highest BCUT2D eigenvalue weighted by Crippen LogP contribution is 2.30. The molecule has 0 atom stereocenters. The summed E-state index contributed by atoms with van der Waals surface area (Å²) in [5, 5.41) is 2.14. The fraction of sp³-hybridized carbons (Fsp3) is 0.167. The summed E-state index contributed by atoms with van der Waals surface area (Å²) in [5.74, 6) is -0.761. The molecular formula is C30H25ClN2O3. The number of carbonyl (C=O) groups excluding carboxylic acids is 3. The number of hydrogen-bond acceptors (Lipinski definition) is 3. The monoisotopic (exact) mass is 496 g/mol. The molecule has 0 aliphatic carbocycles. The number of rotatable bonds is 6. The van der Waals surface area contributed by atoms with E-state index in [1.54, 1.807) is 41.3 Å². The van der Waals surface area contributed by atoms with E-state index in [0.29, 0.717) is 40.1 Å². The molecule has 0 saturated carbocycles. The van der Waals surface area contributed by atoms with Crippen LogP contribution in [0, 0.1) is 13.8 Å². The summed E-state index contributed by atoms with van der Waals surface area (Å²) in [4.78, 5) is 43.0. The number of nitrogens with zero attached hydrogens (tertiary/aromatic N) is 2. The van der Waals surface area contributed by atoms with Gasteiger partial charge in [-0.1, -0.05) is 53.6 Å². The maximum absolute atomic E-state index is 13.5. The minimum absolute atomic E-state index is 0.162. The molecule has 0 bridgehead atoms. The number of halogens is 1. The van der Waals surface area contributed by atoms with E-state index in [0.717, 1.165) is 22.2 Å². The lowest BCUT2D eigenvalue weighted by Crippen LogP contribution is -2.42. The summed E-state index contributed by atoms with van der Waals surface area (Å²) < 4.78 is 0. The molecule has 5 rings (SSSR count). The topological polar surface area (TPSA) is 57.7 Å². The molecule has 1 aliphatic heterocycles. The van der Waals surface area contributed by atoms with Crippen molar-refractivity contribution in [3.05, 3.63) is 112 Å². The van der Waals surface area contributed by atoms with Gasteiger partial charge in [-0.25, -0.2) is 0 Å². The molecule has 1 aliphatic rings. The Hall–Kier alpha value is -3.96. The zero-order valence-electron chi connectivity index (χ0n) is 20.1. The summed E-state index contributed by atoms with van der Waals surface area (Å²) in [6, 6.07) is 23.7. The Balaban J connectivity index is 1.40. The lowest BCUT2D eigenvalue weighted by atomic mass is 9.94. The van der Waals surface area contributed by atoms with Gasteiger partial charge in [-0.05, 0) is 73.7 Å². The minimum atomic E-state index is -0.300. The van der Waals surface area contributed by atoms with Crippen LogP contribution in [0.3, 0.4) is 0 Å². The molecule has 180 valence electrons. The molecule has 0 saturated heterocycles. The summed E-state index contributed by atoms with van der Waals surface area (Å²) in [5.41, 5.74) is 4.46. The lowest BCUT2D eigenvalue weighted by molar-refractivity contribution is 0.0610. The Morgan fingerprint density at radius 1 is 0.861 bits per heavy atom. The maximum atomic E-state index is 13.5. The largest absolute Gasteiger partial charge is 0.308 e. The van der Waals surface area contributed by atoms with Crippen molar-refractivity contribution in [2.24, 2.45) is 0 Å². The van der Waals surface area contributed by atoms with Crippen LogP contribution in [-0.4, -0.2) is 35.7 Å². The fourth-order valence-electron chi connectivity index (χ4n) is 4.86. The second kappa shape index (κ2) is 9.59. The quantitative estimate of drug-likeness (QED) is 0.288. The van der Waals surface area contributed by atoms with Crippen LogP contribution in [0.2, 0.25) is 5.02 Å². The first-order chi connectivity index (χ1) is 17.3. The average molecular weight is 497 g/mol. The van der Waals surface area contributed by atoms with Crippen molar-refractivity contribution in [1.29, 1.82) is 0 Å². The van der Waals surface area contributed by atoms with Gasteiger partial charge in [0.05, 0.1) is 0 Å². The molecule has 5 nitrogen and oxygen atoms in total. The number of aryl methyl sites for hydroxylation is 2. The van der Waals surface area contributed by atoms with Gasteiger partial charge in [0.15, 0.2) is 0 Å². The molecule has 36 heavy (non-hydrogen) atoms. The number of imide groups is 1. The lowest BCUT2D eigenvalue weighted by Gasteiger charge is -2.29. The van der Waals surface area contributed by atoms with Gasteiger partial charge in [0, 0.05) is 45.9 Å². The van der Waals surface area contributed by atoms with Crippen molar-refractivity contribution >= 4 is 45.8 Å². The number of benzene rings is 4. The van der Waals surface area contributed by atoms with Crippen LogP contribution in [0.4, 0.5) is 5.69 Å². The number of carbonyl (C=O) groups is 3. The van der Waals surface area contributed by atoms with Gasteiger partial charge in [-0.15, -0.1) is 0 Å². The predicted octanol–water partition coefficient (Wildman–Crippen LogP) is 6.44. The molecule has 0 unspecified atom stereocenters. The predicted molar refractivity (Wildman–Crippen MR) is 143 cm³/mol. The van der Waals surface area contributed by atoms with Crippen LogP contribution in [0.5, 0.6) is 0 Å². The van der Waals surface area contributed by atoms with Crippen molar-refractivity contribution in [2.75, 3.05) is 18.0 Å². The summed E-state index contributed by atoms with van der Waals surface area (Å²) in [7, 11) is 0. The van der Waals surface area contributed by atoms with Crippen LogP contribution < -0.4 is 4.90 Å². The number of amides is 3. The van der Waals surface area contributed by atoms with E-state index in [1.807, 2.05) is 56.3 Å². The van der Waals surface area contributed by atoms with Gasteiger partial charge in [-0.3, -0.25) is 19.3 Å². The third-order valence-electron chi connectivity index (χ3n) is 6.60. The van der Waals surface area contributed by atoms with Crippen molar-refractivity contribution < 1.29 is 14.4 Å². The van der Waals surface area contributed by atoms with Gasteiger partial charge < -0.3 is 4.90 Å². The standard InChI is InChI=1S/C30H25ClN2O3/c1-19-10-15-26(20(2)18-19)32(28(34)22-11-13-23(31)14-12-22)16-5-17-33-29(35)24-8-3-6-21-7-4-9-25(27(21)24)30(33)36/h3-4,6-15,18H,5,16-17H2,1-2H3. The molecule has 6 heteroatoms. The molecule has 0 spiro atoms. The zero-order valence-corrected chi connectivity index (χ0v) is 20.9. The molecule has 4 aromatic rings. The molecule has 0 N–H and O–H groups in total. The fourth-order valence-corrected chi connectivity index (χ4v) is 4.98. The van der Waals surface area contributed by atoms with Crippen LogP contribution >= 0.6 is 11.6 Å². The molecule has 3 amide bonds. The van der Waals surface area contributed by atoms with Crippen LogP contribution in [-0.2, 0) is 0 Å². The molecule has 4 aromatic carbocycles. The van der Waals surface area contributed by atoms with Crippen LogP contribution in [0.25, 0.3) is 10.8 Å². The molecule has 0 fully saturated rings. The highest BCUT2D eigenvalue weighted by Gasteiger charge is 2.32. The van der Waals surface area contributed by atoms with E-state index in [2.05, 4.69) is 0 Å². The highest BCUT2D eigenvalue weighted by atomic mass is 35.5. The Bertz CT molecular complexity index is 1460. The van der Waals surface area contributed by atoms with Crippen molar-refractivity contribution in [3.63, 3.8) is 0 Å². The van der Waals surface area contributed by atoms with E-state index in [-0.39, 0.29) is 24.3 Å². The van der Waals surface area contributed by atoms with Crippen molar-refractivity contribution in [2.45, 2.75) is 20.3 Å². The van der Waals surface area contributed by atoms with E-state index < -0.39 is 0 Å². The van der Waals surface area contributed by atoms with Crippen molar-refractivity contribution in [3.8, 4) is 0 Å². The first-order valence-corrected chi connectivity index (χ1v) is 12.3. The Labute approximate surface area is 214 Å². The summed E-state index contributed by atoms with van der Waals surface area (Å²) in [6.45, 7) is 4.53. The second-order valence-electron chi connectivity index (χ2n) is 9.08. The van der Waals surface area contributed by atoms with Crippen LogP contribution in [0.15, 0.2) is 78.9 Å². The normalized spacial score (nSPS) is 12.8. The zero-order chi connectivity index (χ0) is 25.4. The van der Waals surface area contributed by atoms with Gasteiger partial charge in [-0.2, -0.15) is 0 Å². The van der Waals surface area contributed by atoms with E-state index in [4.69, 9.17) is 11.6 Å². The smallest absolute Gasteiger partial charge is 0.261 e. The van der Waals surface area contributed by atoms with Crippen LogP contribution in [0.1, 0.15) is 48.6 Å². The average Bonchev–Trinajstić information content (AvgIpc) is 2.87. The Morgan fingerprint density at radius 3 is 2.11 bits per heavy atom. The van der Waals surface area contributed by atoms with E-state index >= 15 is 0 Å². The minimum Gasteiger partial charge on any atom is -0.308 e. The van der Waals surface area contributed by atoms with Gasteiger partial charge >= 0.3 is 0 Å². The summed E-state index contributed by atoms with van der Waals surface area (Å²) >= 11 is 6.02. The molecule has 0 aromatic heterocycles. The first kappa shape index (κ1) is 23.8. The summed E-state index contributed by atoms with van der Waals surface area (Å²) in [6.07, 6.45) is 0.433. The highest BCUT2D eigenvalue weighted by molar-refractivity contribution is 6.30. The Morgan fingerprint density at radius 2 is 1.50 bits per heavy atom.